The van der Waals surface area contributed by atoms with Crippen LogP contribution in [0, 0.1) is 0 Å². The van der Waals surface area contributed by atoms with Crippen LogP contribution in [0.2, 0.25) is 0 Å². The third kappa shape index (κ3) is 5.48. The smallest absolute Gasteiger partial charge is 0.248 e. The van der Waals surface area contributed by atoms with Crippen molar-refractivity contribution in [3.05, 3.63) is 82.9 Å². The van der Waals surface area contributed by atoms with Crippen LogP contribution < -0.4 is 28.3 Å². The number of nitrogens with zero attached hydrogens (tertiary/aromatic N) is 1. The molecule has 9 N–H and O–H groups in total. The molecule has 0 aliphatic heterocycles. The molecule has 1 heterocycles. The highest BCUT2D eigenvalue weighted by Crippen LogP contribution is 2.36. The number of pyridine rings is 1. The SMILES string of the molecule is NC(=O)c1ccc(C2CCC(NCCC(c3ccccc3)c3cc(N)nc(N)c3N)CC2)cc1. The Hall–Kier alpha value is -3.58. The van der Waals surface area contributed by atoms with Gasteiger partial charge in [-0.05, 0) is 79.5 Å². The van der Waals surface area contributed by atoms with Gasteiger partial charge in [0.05, 0.1) is 5.69 Å². The summed E-state index contributed by atoms with van der Waals surface area (Å²) < 4.78 is 0. The molecule has 7 nitrogen and oxygen atoms in total. The van der Waals surface area contributed by atoms with Crippen molar-refractivity contribution < 1.29 is 4.79 Å². The summed E-state index contributed by atoms with van der Waals surface area (Å²) in [5.41, 5.74) is 28.1. The van der Waals surface area contributed by atoms with Crippen LogP contribution in [0.25, 0.3) is 0 Å². The van der Waals surface area contributed by atoms with Gasteiger partial charge in [-0.1, -0.05) is 42.5 Å². The van der Waals surface area contributed by atoms with Crippen LogP contribution in [0.3, 0.4) is 0 Å². The number of benzene rings is 2. The van der Waals surface area contributed by atoms with Crippen molar-refractivity contribution >= 4 is 23.2 Å². The van der Waals surface area contributed by atoms with E-state index in [1.807, 2.05) is 48.5 Å². The number of anilines is 3. The van der Waals surface area contributed by atoms with Crippen LogP contribution in [0.4, 0.5) is 17.3 Å². The Morgan fingerprint density at radius 3 is 2.29 bits per heavy atom. The molecule has 0 bridgehead atoms. The van der Waals surface area contributed by atoms with E-state index in [1.54, 1.807) is 0 Å². The summed E-state index contributed by atoms with van der Waals surface area (Å²) in [4.78, 5) is 15.4. The van der Waals surface area contributed by atoms with Crippen molar-refractivity contribution in [3.63, 3.8) is 0 Å². The van der Waals surface area contributed by atoms with Crippen molar-refractivity contribution in [1.29, 1.82) is 0 Å². The van der Waals surface area contributed by atoms with Crippen molar-refractivity contribution in [1.82, 2.24) is 10.3 Å². The van der Waals surface area contributed by atoms with Gasteiger partial charge in [0, 0.05) is 17.5 Å². The maximum Gasteiger partial charge on any atom is 0.248 e. The Labute approximate surface area is 200 Å². The molecule has 178 valence electrons. The van der Waals surface area contributed by atoms with Gasteiger partial charge in [0.1, 0.15) is 11.6 Å². The average molecular weight is 459 g/mol. The largest absolute Gasteiger partial charge is 0.396 e. The summed E-state index contributed by atoms with van der Waals surface area (Å²) in [5.74, 6) is 0.900. The first kappa shape index (κ1) is 23.6. The minimum atomic E-state index is -0.382. The second kappa shape index (κ2) is 10.6. The third-order valence-electron chi connectivity index (χ3n) is 6.98. The average Bonchev–Trinajstić information content (AvgIpc) is 2.85. The van der Waals surface area contributed by atoms with Crippen LogP contribution in [0.1, 0.15) is 71.0 Å². The first-order valence-corrected chi connectivity index (χ1v) is 11.9. The topological polar surface area (TPSA) is 146 Å². The van der Waals surface area contributed by atoms with E-state index in [1.165, 1.54) is 11.1 Å². The van der Waals surface area contributed by atoms with Gasteiger partial charge in [-0.3, -0.25) is 4.79 Å². The molecule has 1 aromatic heterocycles. The van der Waals surface area contributed by atoms with E-state index in [0.717, 1.165) is 44.2 Å². The van der Waals surface area contributed by atoms with Crippen LogP contribution >= 0.6 is 0 Å². The third-order valence-corrected chi connectivity index (χ3v) is 6.98. The molecular formula is C27H34N6O. The zero-order valence-corrected chi connectivity index (χ0v) is 19.4. The molecule has 7 heteroatoms. The first-order chi connectivity index (χ1) is 16.4. The summed E-state index contributed by atoms with van der Waals surface area (Å²) in [6.07, 6.45) is 5.37. The van der Waals surface area contributed by atoms with Crippen molar-refractivity contribution in [3.8, 4) is 0 Å². The van der Waals surface area contributed by atoms with Gasteiger partial charge < -0.3 is 28.3 Å². The minimum Gasteiger partial charge on any atom is -0.396 e. The van der Waals surface area contributed by atoms with Gasteiger partial charge in [-0.25, -0.2) is 4.98 Å². The van der Waals surface area contributed by atoms with Gasteiger partial charge in [-0.2, -0.15) is 0 Å². The second-order valence-electron chi connectivity index (χ2n) is 9.18. The van der Waals surface area contributed by atoms with Crippen molar-refractivity contribution in [2.75, 3.05) is 23.7 Å². The lowest BCUT2D eigenvalue weighted by molar-refractivity contribution is 0.100. The Balaban J connectivity index is 1.36. The van der Waals surface area contributed by atoms with Crippen LogP contribution in [0.15, 0.2) is 60.7 Å². The second-order valence-corrected chi connectivity index (χ2v) is 9.18. The van der Waals surface area contributed by atoms with E-state index in [9.17, 15) is 4.79 Å². The fourth-order valence-electron chi connectivity index (χ4n) is 5.07. The molecule has 1 unspecified atom stereocenters. The lowest BCUT2D eigenvalue weighted by Crippen LogP contribution is -2.34. The lowest BCUT2D eigenvalue weighted by Gasteiger charge is -2.30. The normalized spacial score (nSPS) is 18.9. The molecule has 4 rings (SSSR count). The molecule has 1 aliphatic rings. The van der Waals surface area contributed by atoms with E-state index in [-0.39, 0.29) is 17.6 Å². The molecular weight excluding hydrogens is 424 g/mol. The van der Waals surface area contributed by atoms with Gasteiger partial charge in [0.2, 0.25) is 5.91 Å². The molecule has 1 saturated carbocycles. The van der Waals surface area contributed by atoms with Crippen molar-refractivity contribution in [2.45, 2.75) is 50.0 Å². The summed E-state index contributed by atoms with van der Waals surface area (Å²) in [6.45, 7) is 0.865. The summed E-state index contributed by atoms with van der Waals surface area (Å²) in [6, 6.07) is 20.4. The molecule has 34 heavy (non-hydrogen) atoms. The van der Waals surface area contributed by atoms with E-state index >= 15 is 0 Å². The molecule has 1 fully saturated rings. The molecule has 2 aromatic carbocycles. The minimum absolute atomic E-state index is 0.0846. The number of rotatable bonds is 8. The van der Waals surface area contributed by atoms with Crippen LogP contribution in [0.5, 0.6) is 0 Å². The summed E-state index contributed by atoms with van der Waals surface area (Å²) in [7, 11) is 0. The van der Waals surface area contributed by atoms with Crippen LogP contribution in [-0.2, 0) is 0 Å². The number of aromatic nitrogens is 1. The predicted octanol–water partition coefficient (Wildman–Crippen LogP) is 3.77. The Morgan fingerprint density at radius 1 is 0.971 bits per heavy atom. The Bertz CT molecular complexity index is 1110. The number of amides is 1. The fraction of sp³-hybridized carbons (Fsp3) is 0.333. The molecule has 0 spiro atoms. The van der Waals surface area contributed by atoms with Gasteiger partial charge in [0.15, 0.2) is 0 Å². The predicted molar refractivity (Wildman–Crippen MR) is 138 cm³/mol. The van der Waals surface area contributed by atoms with Gasteiger partial charge >= 0.3 is 0 Å². The van der Waals surface area contributed by atoms with E-state index < -0.39 is 0 Å². The van der Waals surface area contributed by atoms with Gasteiger partial charge in [0.25, 0.3) is 0 Å². The van der Waals surface area contributed by atoms with E-state index in [0.29, 0.717) is 29.0 Å². The first-order valence-electron chi connectivity index (χ1n) is 11.9. The maximum atomic E-state index is 11.3. The van der Waals surface area contributed by atoms with E-state index in [4.69, 9.17) is 22.9 Å². The van der Waals surface area contributed by atoms with Crippen LogP contribution in [-0.4, -0.2) is 23.5 Å². The fourth-order valence-corrected chi connectivity index (χ4v) is 5.07. The lowest BCUT2D eigenvalue weighted by atomic mass is 9.81. The zero-order chi connectivity index (χ0) is 24.1. The molecule has 1 atom stereocenters. The monoisotopic (exact) mass is 458 g/mol. The number of nitrogen functional groups attached to an aromatic ring is 3. The van der Waals surface area contributed by atoms with Gasteiger partial charge in [-0.15, -0.1) is 0 Å². The number of nitrogens with one attached hydrogen (secondary N) is 1. The highest BCUT2D eigenvalue weighted by molar-refractivity contribution is 5.92. The maximum absolute atomic E-state index is 11.3. The van der Waals surface area contributed by atoms with Crippen molar-refractivity contribution in [2.24, 2.45) is 5.73 Å². The highest BCUT2D eigenvalue weighted by Gasteiger charge is 2.24. The number of primary amides is 1. The number of carbonyl (C=O) groups excluding carboxylic acids is 1. The summed E-state index contributed by atoms with van der Waals surface area (Å²) in [5, 5.41) is 3.76. The Kier molecular flexibility index (Phi) is 7.33. The molecule has 3 aromatic rings. The zero-order valence-electron chi connectivity index (χ0n) is 19.4. The molecule has 0 radical (unpaired) electrons. The van der Waals surface area contributed by atoms with E-state index in [2.05, 4.69) is 22.4 Å². The number of hydrogen-bond acceptors (Lipinski definition) is 6. The molecule has 1 aliphatic carbocycles. The molecule has 0 saturated heterocycles. The number of carbonyl (C=O) groups is 1. The Morgan fingerprint density at radius 2 is 1.65 bits per heavy atom. The highest BCUT2D eigenvalue weighted by atomic mass is 16.1. The standard InChI is InChI=1S/C27H34N6O/c28-24-16-23(25(29)26(30)33-24)22(19-4-2-1-3-5-19)14-15-32-21-12-10-18(11-13-21)17-6-8-20(9-7-17)27(31)34/h1-9,16,18,21-22,32H,10-15,29H2,(H2,31,34)(H4,28,30,33). The quantitative estimate of drug-likeness (QED) is 0.347. The molecule has 1 amide bonds. The number of hydrogen-bond donors (Lipinski definition) is 5. The summed E-state index contributed by atoms with van der Waals surface area (Å²) >= 11 is 0. The number of nitrogens with two attached hydrogens (primary N) is 4.